The van der Waals surface area contributed by atoms with Crippen molar-refractivity contribution in [3.63, 3.8) is 0 Å². The van der Waals surface area contributed by atoms with Crippen LogP contribution in [0.3, 0.4) is 0 Å². The van der Waals surface area contributed by atoms with Gasteiger partial charge in [0.2, 0.25) is 5.91 Å². The summed E-state index contributed by atoms with van der Waals surface area (Å²) in [5.74, 6) is 0.203. The predicted molar refractivity (Wildman–Crippen MR) is 83.0 cm³/mol. The van der Waals surface area contributed by atoms with Crippen LogP contribution in [0.5, 0.6) is 0 Å². The zero-order valence-electron chi connectivity index (χ0n) is 13.0. The van der Waals surface area contributed by atoms with Gasteiger partial charge >= 0.3 is 5.97 Å². The summed E-state index contributed by atoms with van der Waals surface area (Å²) in [6, 6.07) is 9.07. The topological polar surface area (TPSA) is 70.4 Å². The zero-order valence-corrected chi connectivity index (χ0v) is 13.0. The Morgan fingerprint density at radius 1 is 1.09 bits per heavy atom. The van der Waals surface area contributed by atoms with E-state index in [0.29, 0.717) is 31.5 Å². The number of nitrogens with zero attached hydrogens (tertiary/aromatic N) is 2. The minimum atomic E-state index is -0.187. The molecule has 1 saturated heterocycles. The number of esters is 1. The number of piperidine rings is 1. The molecule has 2 aliphatic rings. The van der Waals surface area contributed by atoms with Crippen molar-refractivity contribution in [3.8, 4) is 6.07 Å². The number of rotatable bonds is 4. The van der Waals surface area contributed by atoms with Crippen LogP contribution in [0.15, 0.2) is 24.3 Å². The van der Waals surface area contributed by atoms with Gasteiger partial charge in [-0.3, -0.25) is 9.59 Å². The number of nitriles is 1. The van der Waals surface area contributed by atoms with E-state index in [1.165, 1.54) is 0 Å². The summed E-state index contributed by atoms with van der Waals surface area (Å²) in [6.45, 7) is 1.55. The van der Waals surface area contributed by atoms with Crippen molar-refractivity contribution >= 4 is 11.9 Å². The molecule has 0 atom stereocenters. The Morgan fingerprint density at radius 3 is 2.30 bits per heavy atom. The van der Waals surface area contributed by atoms with Crippen molar-refractivity contribution in [2.45, 2.75) is 32.3 Å². The van der Waals surface area contributed by atoms with Crippen molar-refractivity contribution in [1.82, 2.24) is 4.90 Å². The summed E-state index contributed by atoms with van der Waals surface area (Å²) in [5, 5.41) is 8.75. The highest BCUT2D eigenvalue weighted by molar-refractivity contribution is 5.81. The van der Waals surface area contributed by atoms with E-state index in [0.717, 1.165) is 18.4 Å². The average molecular weight is 312 g/mol. The van der Waals surface area contributed by atoms with Crippen LogP contribution in [0, 0.1) is 23.2 Å². The summed E-state index contributed by atoms with van der Waals surface area (Å²) in [4.78, 5) is 26.0. The lowest BCUT2D eigenvalue weighted by Gasteiger charge is -2.31. The van der Waals surface area contributed by atoms with Gasteiger partial charge in [0.05, 0.1) is 17.6 Å². The van der Waals surface area contributed by atoms with Gasteiger partial charge in [-0.25, -0.2) is 0 Å². The molecule has 5 nitrogen and oxygen atoms in total. The number of hydrogen-bond donors (Lipinski definition) is 0. The third-order valence-electron chi connectivity index (χ3n) is 4.53. The molecule has 0 aromatic heterocycles. The molecule has 1 aliphatic carbocycles. The molecular formula is C18H20N2O3. The van der Waals surface area contributed by atoms with Gasteiger partial charge in [0.15, 0.2) is 0 Å². The highest BCUT2D eigenvalue weighted by atomic mass is 16.5. The number of carbonyl (C=O) groups is 2. The fourth-order valence-corrected chi connectivity index (χ4v) is 2.87. The average Bonchev–Trinajstić information content (AvgIpc) is 3.44. The Balaban J connectivity index is 1.43. The summed E-state index contributed by atoms with van der Waals surface area (Å²) in [7, 11) is 0. The second-order valence-electron chi connectivity index (χ2n) is 6.29. The van der Waals surface area contributed by atoms with Gasteiger partial charge < -0.3 is 9.64 Å². The van der Waals surface area contributed by atoms with E-state index >= 15 is 0 Å². The lowest BCUT2D eigenvalue weighted by molar-refractivity contribution is -0.153. The van der Waals surface area contributed by atoms with Gasteiger partial charge in [-0.15, -0.1) is 0 Å². The highest BCUT2D eigenvalue weighted by Crippen LogP contribution is 2.32. The molecule has 1 saturated carbocycles. The Hall–Kier alpha value is -2.35. The molecule has 0 radical (unpaired) electrons. The molecule has 1 heterocycles. The molecular weight excluding hydrogens is 292 g/mol. The van der Waals surface area contributed by atoms with E-state index in [1.54, 1.807) is 24.3 Å². The maximum Gasteiger partial charge on any atom is 0.309 e. The second-order valence-corrected chi connectivity index (χ2v) is 6.29. The summed E-state index contributed by atoms with van der Waals surface area (Å²) >= 11 is 0. The van der Waals surface area contributed by atoms with Crippen molar-refractivity contribution < 1.29 is 14.3 Å². The molecule has 0 N–H and O–H groups in total. The van der Waals surface area contributed by atoms with Crippen LogP contribution in [-0.2, 0) is 20.9 Å². The molecule has 0 unspecified atom stereocenters. The third-order valence-corrected chi connectivity index (χ3v) is 4.53. The normalized spacial score (nSPS) is 18.3. The Kier molecular flexibility index (Phi) is 4.61. The molecule has 0 spiro atoms. The van der Waals surface area contributed by atoms with E-state index in [2.05, 4.69) is 6.07 Å². The molecule has 0 bridgehead atoms. The molecule has 120 valence electrons. The van der Waals surface area contributed by atoms with Gasteiger partial charge in [-0.05, 0) is 43.4 Å². The molecule has 1 aliphatic heterocycles. The van der Waals surface area contributed by atoms with Crippen LogP contribution >= 0.6 is 0 Å². The minimum Gasteiger partial charge on any atom is -0.461 e. The van der Waals surface area contributed by atoms with Gasteiger partial charge in [0.1, 0.15) is 6.61 Å². The van der Waals surface area contributed by atoms with Crippen molar-refractivity contribution in [3.05, 3.63) is 35.4 Å². The first-order chi connectivity index (χ1) is 11.2. The molecule has 1 amide bonds. The Morgan fingerprint density at radius 2 is 1.74 bits per heavy atom. The zero-order chi connectivity index (χ0) is 16.2. The SMILES string of the molecule is N#Cc1ccc(COC(=O)C2CCN(C(=O)C3CC3)CC2)cc1. The standard InChI is InChI=1S/C18H20N2O3/c19-11-13-1-3-14(4-2-13)12-23-18(22)16-7-9-20(10-8-16)17(21)15-5-6-15/h1-4,15-16H,5-10,12H2. The smallest absolute Gasteiger partial charge is 0.309 e. The number of likely N-dealkylation sites (tertiary alicyclic amines) is 1. The lowest BCUT2D eigenvalue weighted by Crippen LogP contribution is -2.41. The molecule has 1 aromatic rings. The quantitative estimate of drug-likeness (QED) is 0.800. The maximum atomic E-state index is 12.1. The first-order valence-corrected chi connectivity index (χ1v) is 8.12. The van der Waals surface area contributed by atoms with E-state index < -0.39 is 0 Å². The molecule has 5 heteroatoms. The Bertz CT molecular complexity index is 621. The molecule has 2 fully saturated rings. The summed E-state index contributed by atoms with van der Waals surface area (Å²) in [5.41, 5.74) is 1.46. The van der Waals surface area contributed by atoms with Crippen LogP contribution in [0.1, 0.15) is 36.8 Å². The van der Waals surface area contributed by atoms with Gasteiger partial charge in [0.25, 0.3) is 0 Å². The largest absolute Gasteiger partial charge is 0.461 e. The number of benzene rings is 1. The number of ether oxygens (including phenoxy) is 1. The minimum absolute atomic E-state index is 0.114. The first-order valence-electron chi connectivity index (χ1n) is 8.12. The third kappa shape index (κ3) is 3.89. The van der Waals surface area contributed by atoms with Crippen LogP contribution in [0.2, 0.25) is 0 Å². The predicted octanol–water partition coefficient (Wildman–Crippen LogP) is 2.25. The fourth-order valence-electron chi connectivity index (χ4n) is 2.87. The number of carbonyl (C=O) groups excluding carboxylic acids is 2. The number of amides is 1. The van der Waals surface area contributed by atoms with E-state index in [1.807, 2.05) is 4.90 Å². The molecule has 3 rings (SSSR count). The Labute approximate surface area is 135 Å². The van der Waals surface area contributed by atoms with Crippen molar-refractivity contribution in [1.29, 1.82) is 5.26 Å². The van der Waals surface area contributed by atoms with E-state index in [-0.39, 0.29) is 30.3 Å². The van der Waals surface area contributed by atoms with Gasteiger partial charge in [-0.2, -0.15) is 5.26 Å². The summed E-state index contributed by atoms with van der Waals surface area (Å²) < 4.78 is 5.37. The molecule has 23 heavy (non-hydrogen) atoms. The van der Waals surface area contributed by atoms with Crippen molar-refractivity contribution in [2.75, 3.05) is 13.1 Å². The maximum absolute atomic E-state index is 12.1. The van der Waals surface area contributed by atoms with E-state index in [4.69, 9.17) is 10.00 Å². The second kappa shape index (κ2) is 6.82. The van der Waals surface area contributed by atoms with E-state index in [9.17, 15) is 9.59 Å². The van der Waals surface area contributed by atoms with Gasteiger partial charge in [-0.1, -0.05) is 12.1 Å². The van der Waals surface area contributed by atoms with Crippen LogP contribution in [0.4, 0.5) is 0 Å². The fraction of sp³-hybridized carbons (Fsp3) is 0.500. The van der Waals surface area contributed by atoms with Crippen LogP contribution < -0.4 is 0 Å². The van der Waals surface area contributed by atoms with Gasteiger partial charge in [0, 0.05) is 19.0 Å². The summed E-state index contributed by atoms with van der Waals surface area (Å²) in [6.07, 6.45) is 3.41. The van der Waals surface area contributed by atoms with Crippen molar-refractivity contribution in [2.24, 2.45) is 11.8 Å². The van der Waals surface area contributed by atoms with Crippen LogP contribution in [0.25, 0.3) is 0 Å². The number of hydrogen-bond acceptors (Lipinski definition) is 4. The molecule has 1 aromatic carbocycles. The van der Waals surface area contributed by atoms with Crippen LogP contribution in [-0.4, -0.2) is 29.9 Å². The monoisotopic (exact) mass is 312 g/mol. The lowest BCUT2D eigenvalue weighted by atomic mass is 9.96. The highest BCUT2D eigenvalue weighted by Gasteiger charge is 2.36. The first kappa shape index (κ1) is 15.5.